The monoisotopic (exact) mass is 404 g/mol. The van der Waals surface area contributed by atoms with Crippen molar-refractivity contribution in [3.63, 3.8) is 0 Å². The summed E-state index contributed by atoms with van der Waals surface area (Å²) in [6.45, 7) is 3.86. The predicted molar refractivity (Wildman–Crippen MR) is 118 cm³/mol. The number of aromatic nitrogens is 1. The minimum absolute atomic E-state index is 0.344. The van der Waals surface area contributed by atoms with Crippen LogP contribution in [0.25, 0.3) is 0 Å². The first-order valence-electron chi connectivity index (χ1n) is 11.5. The maximum absolute atomic E-state index is 12.9. The summed E-state index contributed by atoms with van der Waals surface area (Å²) < 4.78 is 5.26. The van der Waals surface area contributed by atoms with Crippen LogP contribution in [-0.4, -0.2) is 36.0 Å². The highest BCUT2D eigenvalue weighted by Crippen LogP contribution is 2.66. The fourth-order valence-electron chi connectivity index (χ4n) is 5.55. The third-order valence-corrected chi connectivity index (χ3v) is 7.66. The first-order chi connectivity index (χ1) is 14.6. The number of ether oxygens (including phenoxy) is 1. The fraction of sp³-hybridized carbons (Fsp3) is 0.538. The van der Waals surface area contributed by atoms with Crippen molar-refractivity contribution >= 4 is 5.91 Å². The van der Waals surface area contributed by atoms with E-state index in [0.717, 1.165) is 50.2 Å². The summed E-state index contributed by atoms with van der Waals surface area (Å²) in [4.78, 5) is 19.9. The van der Waals surface area contributed by atoms with Crippen molar-refractivity contribution in [1.82, 2.24) is 9.88 Å². The molecule has 4 heteroatoms. The molecule has 30 heavy (non-hydrogen) atoms. The van der Waals surface area contributed by atoms with Gasteiger partial charge in [-0.15, -0.1) is 0 Å². The molecule has 0 radical (unpaired) electrons. The van der Waals surface area contributed by atoms with E-state index < -0.39 is 0 Å². The van der Waals surface area contributed by atoms with E-state index in [1.165, 1.54) is 36.1 Å². The van der Waals surface area contributed by atoms with Crippen LogP contribution in [0.2, 0.25) is 0 Å². The van der Waals surface area contributed by atoms with E-state index in [1.54, 1.807) is 7.11 Å². The van der Waals surface area contributed by atoms with Gasteiger partial charge in [0.15, 0.2) is 0 Å². The zero-order valence-electron chi connectivity index (χ0n) is 18.2. The molecule has 2 heterocycles. The quantitative estimate of drug-likeness (QED) is 0.713. The summed E-state index contributed by atoms with van der Waals surface area (Å²) in [6.07, 6.45) is 8.01. The van der Waals surface area contributed by atoms with Crippen LogP contribution in [0.5, 0.6) is 5.75 Å². The number of rotatable bonds is 5. The summed E-state index contributed by atoms with van der Waals surface area (Å²) in [7, 11) is 1.70. The van der Waals surface area contributed by atoms with E-state index in [1.807, 2.05) is 12.1 Å². The van der Waals surface area contributed by atoms with E-state index in [-0.39, 0.29) is 0 Å². The smallest absolute Gasteiger partial charge is 0.226 e. The number of methoxy groups -OCH3 is 1. The van der Waals surface area contributed by atoms with E-state index in [0.29, 0.717) is 23.2 Å². The molecular formula is C26H32N2O2. The fourth-order valence-corrected chi connectivity index (χ4v) is 5.55. The van der Waals surface area contributed by atoms with Crippen LogP contribution in [0, 0.1) is 18.3 Å². The maximum atomic E-state index is 12.9. The molecule has 1 amide bonds. The normalized spacial score (nSPS) is 22.6. The van der Waals surface area contributed by atoms with Gasteiger partial charge in [0.05, 0.1) is 7.11 Å². The molecule has 0 bridgehead atoms. The molecule has 3 fully saturated rings. The number of hydrogen-bond acceptors (Lipinski definition) is 3. The van der Waals surface area contributed by atoms with Crippen molar-refractivity contribution in [3.8, 4) is 5.75 Å². The first-order valence-corrected chi connectivity index (χ1v) is 11.5. The van der Waals surface area contributed by atoms with Gasteiger partial charge < -0.3 is 9.64 Å². The number of benzene rings is 1. The summed E-state index contributed by atoms with van der Waals surface area (Å²) in [5, 5.41) is 0. The van der Waals surface area contributed by atoms with Crippen LogP contribution >= 0.6 is 0 Å². The Bertz CT molecular complexity index is 925. The second kappa shape index (κ2) is 7.72. The van der Waals surface area contributed by atoms with Gasteiger partial charge in [0.1, 0.15) is 5.75 Å². The number of pyridine rings is 1. The highest BCUT2D eigenvalue weighted by molar-refractivity contribution is 5.83. The van der Waals surface area contributed by atoms with Crippen LogP contribution in [0.15, 0.2) is 36.4 Å². The molecule has 2 aliphatic carbocycles. The second-order valence-electron chi connectivity index (χ2n) is 9.64. The van der Waals surface area contributed by atoms with E-state index >= 15 is 0 Å². The molecule has 0 unspecified atom stereocenters. The van der Waals surface area contributed by atoms with Crippen molar-refractivity contribution in [2.75, 3.05) is 20.2 Å². The average Bonchev–Trinajstić information content (AvgIpc) is 3.50. The van der Waals surface area contributed by atoms with Crippen molar-refractivity contribution in [3.05, 3.63) is 58.9 Å². The van der Waals surface area contributed by atoms with Crippen molar-refractivity contribution in [1.29, 1.82) is 0 Å². The number of carbonyl (C=O) groups is 1. The Morgan fingerprint density at radius 2 is 1.87 bits per heavy atom. The van der Waals surface area contributed by atoms with E-state index in [4.69, 9.17) is 9.72 Å². The molecule has 2 aromatic rings. The lowest BCUT2D eigenvalue weighted by molar-refractivity contribution is -0.135. The largest absolute Gasteiger partial charge is 0.497 e. The number of nitrogens with zero attached hydrogens (tertiary/aromatic N) is 2. The van der Waals surface area contributed by atoms with Gasteiger partial charge in [-0.2, -0.15) is 0 Å². The third kappa shape index (κ3) is 3.73. The molecule has 1 saturated heterocycles. The molecule has 1 spiro atoms. The molecular weight excluding hydrogens is 372 g/mol. The predicted octanol–water partition coefficient (Wildman–Crippen LogP) is 4.89. The van der Waals surface area contributed by atoms with E-state index in [2.05, 4.69) is 36.1 Å². The van der Waals surface area contributed by atoms with Gasteiger partial charge in [0.2, 0.25) is 5.91 Å². The van der Waals surface area contributed by atoms with Gasteiger partial charge in [0, 0.05) is 36.3 Å². The molecule has 158 valence electrons. The SMILES string of the molecule is COc1ccc(Cc2cc(C)nc(C3CCN(C(=O)[C@H]4CC45CCC5)CC3)c2)cc1. The van der Waals surface area contributed by atoms with Crippen LogP contribution in [0.1, 0.15) is 67.0 Å². The Balaban J connectivity index is 1.22. The van der Waals surface area contributed by atoms with Gasteiger partial charge in [-0.05, 0) is 86.3 Å². The number of hydrogen-bond donors (Lipinski definition) is 0. The molecule has 1 atom stereocenters. The minimum atomic E-state index is 0.344. The lowest BCUT2D eigenvalue weighted by Crippen LogP contribution is -2.40. The zero-order valence-corrected chi connectivity index (χ0v) is 18.2. The average molecular weight is 405 g/mol. The van der Waals surface area contributed by atoms with Crippen molar-refractivity contribution < 1.29 is 9.53 Å². The number of aryl methyl sites for hydroxylation is 1. The van der Waals surface area contributed by atoms with Gasteiger partial charge in [-0.1, -0.05) is 18.6 Å². The highest BCUT2D eigenvalue weighted by Gasteiger charge is 2.61. The molecule has 4 nitrogen and oxygen atoms in total. The van der Waals surface area contributed by atoms with Crippen LogP contribution in [-0.2, 0) is 11.2 Å². The maximum Gasteiger partial charge on any atom is 0.226 e. The highest BCUT2D eigenvalue weighted by atomic mass is 16.5. The molecule has 1 aromatic carbocycles. The van der Waals surface area contributed by atoms with Gasteiger partial charge in [-0.3, -0.25) is 9.78 Å². The molecule has 1 aromatic heterocycles. The van der Waals surface area contributed by atoms with Crippen LogP contribution in [0.3, 0.4) is 0 Å². The Hall–Kier alpha value is -2.36. The molecule has 5 rings (SSSR count). The molecule has 2 saturated carbocycles. The van der Waals surface area contributed by atoms with Gasteiger partial charge in [0.25, 0.3) is 0 Å². The summed E-state index contributed by atoms with van der Waals surface area (Å²) >= 11 is 0. The first kappa shape index (κ1) is 19.6. The standard InChI is InChI=1S/C26H32N2O2/c1-18-14-20(15-19-4-6-22(30-2)7-5-19)16-24(27-18)21-8-12-28(13-9-21)25(29)23-17-26(23)10-3-11-26/h4-7,14,16,21,23H,3,8-13,15,17H2,1-2H3/t23-/m1/s1. The third-order valence-electron chi connectivity index (χ3n) is 7.66. The number of carbonyl (C=O) groups excluding carboxylic acids is 1. The summed E-state index contributed by atoms with van der Waals surface area (Å²) in [5.74, 6) is 2.13. The Morgan fingerprint density at radius 1 is 1.13 bits per heavy atom. The van der Waals surface area contributed by atoms with Gasteiger partial charge >= 0.3 is 0 Å². The van der Waals surface area contributed by atoms with E-state index in [9.17, 15) is 4.79 Å². The van der Waals surface area contributed by atoms with Crippen molar-refractivity contribution in [2.24, 2.45) is 11.3 Å². The van der Waals surface area contributed by atoms with Crippen molar-refractivity contribution in [2.45, 2.75) is 57.8 Å². The van der Waals surface area contributed by atoms with Crippen LogP contribution in [0.4, 0.5) is 0 Å². The Morgan fingerprint density at radius 3 is 2.47 bits per heavy atom. The molecule has 3 aliphatic rings. The number of amides is 1. The lowest BCUT2D eigenvalue weighted by Gasteiger charge is -2.34. The Labute approximate surface area is 179 Å². The van der Waals surface area contributed by atoms with Gasteiger partial charge in [-0.25, -0.2) is 0 Å². The zero-order chi connectivity index (χ0) is 20.7. The van der Waals surface area contributed by atoms with Crippen LogP contribution < -0.4 is 4.74 Å². The Kier molecular flexibility index (Phi) is 5.04. The number of likely N-dealkylation sites (tertiary alicyclic amines) is 1. The second-order valence-corrected chi connectivity index (χ2v) is 9.64. The molecule has 0 N–H and O–H groups in total. The summed E-state index contributed by atoms with van der Waals surface area (Å²) in [6, 6.07) is 12.8. The topological polar surface area (TPSA) is 42.4 Å². The minimum Gasteiger partial charge on any atom is -0.497 e. The molecule has 1 aliphatic heterocycles. The number of piperidine rings is 1. The summed E-state index contributed by atoms with van der Waals surface area (Å²) in [5.41, 5.74) is 5.31. The lowest BCUT2D eigenvalue weighted by atomic mass is 9.79.